The third kappa shape index (κ3) is 3.35. The maximum absolute atomic E-state index is 5.49. The van der Waals surface area contributed by atoms with Gasteiger partial charge in [0.15, 0.2) is 0 Å². The lowest BCUT2D eigenvalue weighted by molar-refractivity contribution is 0.753. The number of nitrogens with two attached hydrogens (primary N) is 2. The number of halogens is 1. The fourth-order valence-electron chi connectivity index (χ4n) is 1.09. The van der Waals surface area contributed by atoms with Gasteiger partial charge in [-0.3, -0.25) is 0 Å². The number of hydrogen-bond donors (Lipinski definition) is 2. The minimum absolute atomic E-state index is 0.579. The fraction of sp³-hybridized carbons (Fsp3) is 0.500. The van der Waals surface area contributed by atoms with Crippen molar-refractivity contribution >= 4 is 28.5 Å². The lowest BCUT2D eigenvalue weighted by Gasteiger charge is -2.20. The highest BCUT2D eigenvalue weighted by Crippen LogP contribution is 2.07. The molecule has 0 aromatic carbocycles. The Morgan fingerprint density at radius 2 is 1.64 bits per heavy atom. The highest BCUT2D eigenvalue weighted by Gasteiger charge is 2.06. The third-order valence-corrected chi connectivity index (χ3v) is 2.24. The van der Waals surface area contributed by atoms with Crippen LogP contribution in [0.3, 0.4) is 0 Å². The molecule has 1 heterocycles. The smallest absolute Gasteiger partial charge is 0.225 e. The number of aromatic nitrogens is 2. The van der Waals surface area contributed by atoms with Gasteiger partial charge in [-0.05, 0) is 22.6 Å². The van der Waals surface area contributed by atoms with Crippen LogP contribution in [-0.2, 0) is 0 Å². The second-order valence-electron chi connectivity index (χ2n) is 2.77. The standard InChI is InChI=1S/C8H14IN5/c9-7-5-12-8(13-6-7)14(3-1-10)4-2-11/h5-6H,1-4,10-11H2. The molecule has 0 unspecified atom stereocenters. The molecule has 6 heteroatoms. The second-order valence-corrected chi connectivity index (χ2v) is 4.01. The molecule has 0 bridgehead atoms. The summed E-state index contributed by atoms with van der Waals surface area (Å²) in [7, 11) is 0. The number of anilines is 1. The molecule has 0 aliphatic rings. The fourth-order valence-corrected chi connectivity index (χ4v) is 1.37. The van der Waals surface area contributed by atoms with Crippen LogP contribution in [0.25, 0.3) is 0 Å². The molecule has 0 amide bonds. The summed E-state index contributed by atoms with van der Waals surface area (Å²) in [5.41, 5.74) is 11.0. The van der Waals surface area contributed by atoms with Crippen LogP contribution in [0.5, 0.6) is 0 Å². The molecule has 0 saturated heterocycles. The van der Waals surface area contributed by atoms with E-state index in [0.29, 0.717) is 19.0 Å². The van der Waals surface area contributed by atoms with E-state index in [0.717, 1.165) is 16.7 Å². The van der Waals surface area contributed by atoms with E-state index in [-0.39, 0.29) is 0 Å². The van der Waals surface area contributed by atoms with Crippen LogP contribution in [0.4, 0.5) is 5.95 Å². The molecule has 0 aliphatic carbocycles. The average molecular weight is 307 g/mol. The zero-order valence-electron chi connectivity index (χ0n) is 7.86. The van der Waals surface area contributed by atoms with Gasteiger partial charge in [-0.1, -0.05) is 0 Å². The van der Waals surface area contributed by atoms with Gasteiger partial charge in [0.25, 0.3) is 0 Å². The number of nitrogens with zero attached hydrogens (tertiary/aromatic N) is 3. The van der Waals surface area contributed by atoms with Crippen molar-refractivity contribution in [2.75, 3.05) is 31.1 Å². The Kier molecular flexibility index (Phi) is 5.05. The summed E-state index contributed by atoms with van der Waals surface area (Å²) in [4.78, 5) is 10.4. The molecule has 14 heavy (non-hydrogen) atoms. The van der Waals surface area contributed by atoms with Gasteiger partial charge in [0, 0.05) is 42.1 Å². The SMILES string of the molecule is NCCN(CCN)c1ncc(I)cn1. The van der Waals surface area contributed by atoms with Crippen LogP contribution in [0.15, 0.2) is 12.4 Å². The highest BCUT2D eigenvalue weighted by atomic mass is 127. The molecule has 1 aromatic rings. The first-order valence-electron chi connectivity index (χ1n) is 4.40. The monoisotopic (exact) mass is 307 g/mol. The Hall–Kier alpha value is -0.470. The molecule has 0 atom stereocenters. The minimum atomic E-state index is 0.579. The Bertz CT molecular complexity index is 257. The van der Waals surface area contributed by atoms with Crippen molar-refractivity contribution in [3.8, 4) is 0 Å². The van der Waals surface area contributed by atoms with Crippen molar-refractivity contribution in [2.24, 2.45) is 11.5 Å². The molecule has 78 valence electrons. The van der Waals surface area contributed by atoms with E-state index >= 15 is 0 Å². The van der Waals surface area contributed by atoms with E-state index in [1.54, 1.807) is 12.4 Å². The summed E-state index contributed by atoms with van der Waals surface area (Å²) < 4.78 is 1.02. The van der Waals surface area contributed by atoms with Gasteiger partial charge in [0.1, 0.15) is 0 Å². The molecule has 1 aromatic heterocycles. The van der Waals surface area contributed by atoms with Crippen LogP contribution in [0, 0.1) is 3.57 Å². The number of hydrogen-bond acceptors (Lipinski definition) is 5. The molecule has 0 saturated carbocycles. The molecular formula is C8H14IN5. The summed E-state index contributed by atoms with van der Waals surface area (Å²) in [6, 6.07) is 0. The lowest BCUT2D eigenvalue weighted by Crippen LogP contribution is -2.35. The van der Waals surface area contributed by atoms with Gasteiger partial charge in [-0.2, -0.15) is 0 Å². The van der Waals surface area contributed by atoms with Crippen molar-refractivity contribution in [3.63, 3.8) is 0 Å². The quantitative estimate of drug-likeness (QED) is 0.737. The van der Waals surface area contributed by atoms with Gasteiger partial charge in [-0.25, -0.2) is 9.97 Å². The molecular weight excluding hydrogens is 293 g/mol. The molecule has 5 nitrogen and oxygen atoms in total. The highest BCUT2D eigenvalue weighted by molar-refractivity contribution is 14.1. The van der Waals surface area contributed by atoms with E-state index in [1.165, 1.54) is 0 Å². The van der Waals surface area contributed by atoms with Gasteiger partial charge < -0.3 is 16.4 Å². The van der Waals surface area contributed by atoms with E-state index < -0.39 is 0 Å². The molecule has 0 aliphatic heterocycles. The van der Waals surface area contributed by atoms with Gasteiger partial charge in [0.2, 0.25) is 5.95 Å². The summed E-state index contributed by atoms with van der Waals surface area (Å²) in [6.45, 7) is 2.63. The zero-order chi connectivity index (χ0) is 10.4. The van der Waals surface area contributed by atoms with Crippen molar-refractivity contribution in [3.05, 3.63) is 16.0 Å². The Labute approximate surface area is 97.0 Å². The van der Waals surface area contributed by atoms with Crippen molar-refractivity contribution < 1.29 is 0 Å². The van der Waals surface area contributed by atoms with Gasteiger partial charge in [0.05, 0.1) is 0 Å². The first kappa shape index (κ1) is 11.6. The van der Waals surface area contributed by atoms with E-state index in [1.807, 2.05) is 4.90 Å². The van der Waals surface area contributed by atoms with E-state index in [9.17, 15) is 0 Å². The average Bonchev–Trinajstić information content (AvgIpc) is 2.19. The maximum atomic E-state index is 5.49. The predicted octanol–water partition coefficient (Wildman–Crippen LogP) is -0.195. The maximum Gasteiger partial charge on any atom is 0.225 e. The number of rotatable bonds is 5. The Balaban J connectivity index is 2.71. The normalized spacial score (nSPS) is 10.2. The van der Waals surface area contributed by atoms with E-state index in [2.05, 4.69) is 32.6 Å². The van der Waals surface area contributed by atoms with Crippen LogP contribution in [-0.4, -0.2) is 36.1 Å². The largest absolute Gasteiger partial charge is 0.338 e. The topological polar surface area (TPSA) is 81.1 Å². The van der Waals surface area contributed by atoms with Crippen LogP contribution >= 0.6 is 22.6 Å². The minimum Gasteiger partial charge on any atom is -0.338 e. The molecule has 1 rings (SSSR count). The zero-order valence-corrected chi connectivity index (χ0v) is 10.0. The Morgan fingerprint density at radius 1 is 1.14 bits per heavy atom. The lowest BCUT2D eigenvalue weighted by atomic mass is 10.5. The summed E-state index contributed by atoms with van der Waals surface area (Å²) in [5, 5.41) is 0. The molecule has 4 N–H and O–H groups in total. The summed E-state index contributed by atoms with van der Waals surface area (Å²) in [6.07, 6.45) is 3.56. The summed E-state index contributed by atoms with van der Waals surface area (Å²) >= 11 is 2.17. The first-order chi connectivity index (χ1) is 6.77. The predicted molar refractivity (Wildman–Crippen MR) is 65.1 cm³/mol. The van der Waals surface area contributed by atoms with Gasteiger partial charge in [-0.15, -0.1) is 0 Å². The molecule has 0 fully saturated rings. The summed E-state index contributed by atoms with van der Waals surface area (Å²) in [5.74, 6) is 0.696. The van der Waals surface area contributed by atoms with E-state index in [4.69, 9.17) is 11.5 Å². The van der Waals surface area contributed by atoms with Crippen LogP contribution < -0.4 is 16.4 Å². The first-order valence-corrected chi connectivity index (χ1v) is 5.48. The van der Waals surface area contributed by atoms with Crippen molar-refractivity contribution in [1.82, 2.24) is 9.97 Å². The van der Waals surface area contributed by atoms with Crippen molar-refractivity contribution in [2.45, 2.75) is 0 Å². The molecule has 0 radical (unpaired) electrons. The van der Waals surface area contributed by atoms with Crippen LogP contribution in [0.2, 0.25) is 0 Å². The third-order valence-electron chi connectivity index (χ3n) is 1.69. The molecule has 0 spiro atoms. The Morgan fingerprint density at radius 3 is 2.07 bits per heavy atom. The van der Waals surface area contributed by atoms with Crippen molar-refractivity contribution in [1.29, 1.82) is 0 Å². The van der Waals surface area contributed by atoms with Crippen LogP contribution in [0.1, 0.15) is 0 Å². The van der Waals surface area contributed by atoms with Gasteiger partial charge >= 0.3 is 0 Å². The second kappa shape index (κ2) is 6.10.